The van der Waals surface area contributed by atoms with Crippen LogP contribution in [0, 0.1) is 17.8 Å². The number of nitrogens with two attached hydrogens (primary N) is 1. The highest BCUT2D eigenvalue weighted by molar-refractivity contribution is 5.90. The normalized spacial score (nSPS) is 27.5. The van der Waals surface area contributed by atoms with Gasteiger partial charge in [0.05, 0.1) is 11.7 Å². The van der Waals surface area contributed by atoms with Gasteiger partial charge >= 0.3 is 0 Å². The number of hydrogen-bond donors (Lipinski definition) is 2. The summed E-state index contributed by atoms with van der Waals surface area (Å²) in [6, 6.07) is 1.69. The highest BCUT2D eigenvalue weighted by Crippen LogP contribution is 2.37. The third kappa shape index (κ3) is 3.88. The van der Waals surface area contributed by atoms with E-state index in [4.69, 9.17) is 5.73 Å². The Morgan fingerprint density at radius 3 is 2.52 bits per heavy atom. The molecule has 0 bridgehead atoms. The Hall–Kier alpha value is -1.85. The van der Waals surface area contributed by atoms with Crippen molar-refractivity contribution in [2.75, 3.05) is 6.54 Å². The molecular weight excluding hydrogens is 316 g/mol. The Kier molecular flexibility index (Phi) is 5.45. The lowest BCUT2D eigenvalue weighted by molar-refractivity contribution is -0.141. The zero-order valence-corrected chi connectivity index (χ0v) is 15.3. The number of aromatic nitrogens is 2. The van der Waals surface area contributed by atoms with Crippen molar-refractivity contribution in [3.05, 3.63) is 17.5 Å². The van der Waals surface area contributed by atoms with Crippen molar-refractivity contribution >= 4 is 11.8 Å². The highest BCUT2D eigenvalue weighted by Gasteiger charge is 2.35. The summed E-state index contributed by atoms with van der Waals surface area (Å²) in [7, 11) is 0. The third-order valence-electron chi connectivity index (χ3n) is 6.06. The quantitative estimate of drug-likeness (QED) is 0.877. The van der Waals surface area contributed by atoms with Crippen LogP contribution in [0.2, 0.25) is 0 Å². The number of aromatic amines is 1. The van der Waals surface area contributed by atoms with E-state index in [0.29, 0.717) is 5.92 Å². The van der Waals surface area contributed by atoms with E-state index in [0.717, 1.165) is 63.1 Å². The Bertz CT molecular complexity index is 617. The molecule has 1 aromatic rings. The topological polar surface area (TPSA) is 92.1 Å². The molecular formula is C19H30N4O2. The molecule has 3 N–H and O–H groups in total. The first-order valence-electron chi connectivity index (χ1n) is 9.63. The van der Waals surface area contributed by atoms with Gasteiger partial charge in [-0.25, -0.2) is 0 Å². The van der Waals surface area contributed by atoms with Crippen LogP contribution in [0.25, 0.3) is 0 Å². The van der Waals surface area contributed by atoms with Crippen molar-refractivity contribution in [2.24, 2.45) is 23.5 Å². The number of primary amides is 1. The Morgan fingerprint density at radius 1 is 1.20 bits per heavy atom. The lowest BCUT2D eigenvalue weighted by Crippen LogP contribution is -2.43. The number of amides is 2. The van der Waals surface area contributed by atoms with Gasteiger partial charge in [0.1, 0.15) is 5.69 Å². The first kappa shape index (κ1) is 18.0. The largest absolute Gasteiger partial charge is 0.364 e. The van der Waals surface area contributed by atoms with Crippen molar-refractivity contribution in [1.29, 1.82) is 0 Å². The molecule has 1 saturated carbocycles. The third-order valence-corrected chi connectivity index (χ3v) is 6.06. The van der Waals surface area contributed by atoms with Crippen LogP contribution in [0.1, 0.15) is 81.0 Å². The van der Waals surface area contributed by atoms with Gasteiger partial charge in [0.15, 0.2) is 0 Å². The molecule has 1 aromatic heterocycles. The number of carbonyl (C=O) groups excluding carboxylic acids is 2. The maximum atomic E-state index is 13.2. The van der Waals surface area contributed by atoms with E-state index in [2.05, 4.69) is 24.0 Å². The fraction of sp³-hybridized carbons (Fsp3) is 0.737. The molecule has 2 amide bonds. The summed E-state index contributed by atoms with van der Waals surface area (Å²) in [5.74, 6) is 1.35. The van der Waals surface area contributed by atoms with Crippen LogP contribution in [0.5, 0.6) is 0 Å². The Labute approximate surface area is 149 Å². The van der Waals surface area contributed by atoms with Crippen LogP contribution in [0.15, 0.2) is 6.07 Å². The first-order valence-corrected chi connectivity index (χ1v) is 9.63. The van der Waals surface area contributed by atoms with Gasteiger partial charge in [0.25, 0.3) is 5.91 Å². The molecule has 1 aliphatic heterocycles. The number of rotatable bonds is 4. The zero-order valence-electron chi connectivity index (χ0n) is 15.3. The molecule has 25 heavy (non-hydrogen) atoms. The van der Waals surface area contributed by atoms with Crippen molar-refractivity contribution in [1.82, 2.24) is 15.1 Å². The van der Waals surface area contributed by atoms with E-state index in [-0.39, 0.29) is 23.6 Å². The number of carbonyl (C=O) groups is 2. The van der Waals surface area contributed by atoms with E-state index in [1.54, 1.807) is 6.07 Å². The van der Waals surface area contributed by atoms with E-state index in [9.17, 15) is 9.59 Å². The van der Waals surface area contributed by atoms with Gasteiger partial charge in [0, 0.05) is 12.5 Å². The minimum atomic E-state index is -0.539. The summed E-state index contributed by atoms with van der Waals surface area (Å²) in [6.07, 6.45) is 7.35. The molecule has 6 heteroatoms. The SMILES string of the molecule is CC(C)C1CCC(C(=O)N2CCCCC2c2cc(C(N)=O)n[nH]2)CC1. The smallest absolute Gasteiger partial charge is 0.269 e. The van der Waals surface area contributed by atoms with Crippen molar-refractivity contribution in [3.8, 4) is 0 Å². The van der Waals surface area contributed by atoms with Crippen molar-refractivity contribution in [2.45, 2.75) is 64.8 Å². The maximum absolute atomic E-state index is 13.2. The van der Waals surface area contributed by atoms with Gasteiger partial charge in [-0.2, -0.15) is 5.10 Å². The van der Waals surface area contributed by atoms with Crippen molar-refractivity contribution in [3.63, 3.8) is 0 Å². The van der Waals surface area contributed by atoms with Crippen LogP contribution < -0.4 is 5.73 Å². The summed E-state index contributed by atoms with van der Waals surface area (Å²) >= 11 is 0. The predicted octanol–water partition coefficient (Wildman–Crippen LogP) is 3.02. The second kappa shape index (κ2) is 7.58. The summed E-state index contributed by atoms with van der Waals surface area (Å²) in [5, 5.41) is 6.91. The molecule has 2 aliphatic rings. The Morgan fingerprint density at radius 2 is 1.92 bits per heavy atom. The van der Waals surface area contributed by atoms with Gasteiger partial charge in [-0.3, -0.25) is 14.7 Å². The van der Waals surface area contributed by atoms with Gasteiger partial charge in [-0.05, 0) is 62.8 Å². The minimum Gasteiger partial charge on any atom is -0.364 e. The molecule has 1 aliphatic carbocycles. The standard InChI is InChI=1S/C19H30N4O2/c1-12(2)13-6-8-14(9-7-13)19(25)23-10-4-3-5-17(23)15-11-16(18(20)24)22-21-15/h11-14,17H,3-10H2,1-2H3,(H2,20,24)(H,21,22). The summed E-state index contributed by atoms with van der Waals surface area (Å²) < 4.78 is 0. The molecule has 3 rings (SSSR count). The van der Waals surface area contributed by atoms with Crippen LogP contribution >= 0.6 is 0 Å². The van der Waals surface area contributed by atoms with Gasteiger partial charge in [0.2, 0.25) is 5.91 Å². The minimum absolute atomic E-state index is 0.00956. The molecule has 0 spiro atoms. The molecule has 2 heterocycles. The maximum Gasteiger partial charge on any atom is 0.269 e. The Balaban J connectivity index is 1.70. The molecule has 1 saturated heterocycles. The second-order valence-corrected chi connectivity index (χ2v) is 7.97. The van der Waals surface area contributed by atoms with Gasteiger partial charge in [-0.15, -0.1) is 0 Å². The lowest BCUT2D eigenvalue weighted by atomic mass is 9.76. The number of hydrogen-bond acceptors (Lipinski definition) is 3. The van der Waals surface area contributed by atoms with Crippen LogP contribution in [-0.2, 0) is 4.79 Å². The first-order chi connectivity index (χ1) is 12.0. The van der Waals surface area contributed by atoms with E-state index in [1.165, 1.54) is 0 Å². The van der Waals surface area contributed by atoms with Crippen LogP contribution in [-0.4, -0.2) is 33.5 Å². The van der Waals surface area contributed by atoms with Crippen molar-refractivity contribution < 1.29 is 9.59 Å². The number of likely N-dealkylation sites (tertiary alicyclic amines) is 1. The average molecular weight is 346 g/mol. The number of piperidine rings is 1. The summed E-state index contributed by atoms with van der Waals surface area (Å²) in [5.41, 5.74) is 6.38. The second-order valence-electron chi connectivity index (χ2n) is 7.97. The molecule has 138 valence electrons. The molecule has 0 aromatic carbocycles. The number of nitrogens with one attached hydrogen (secondary N) is 1. The van der Waals surface area contributed by atoms with E-state index < -0.39 is 5.91 Å². The van der Waals surface area contributed by atoms with Crippen LogP contribution in [0.4, 0.5) is 0 Å². The predicted molar refractivity (Wildman–Crippen MR) is 95.7 cm³/mol. The fourth-order valence-corrected chi connectivity index (χ4v) is 4.42. The number of nitrogens with zero attached hydrogens (tertiary/aromatic N) is 2. The van der Waals surface area contributed by atoms with Gasteiger partial charge < -0.3 is 10.6 Å². The molecule has 6 nitrogen and oxygen atoms in total. The van der Waals surface area contributed by atoms with E-state index in [1.807, 2.05) is 4.90 Å². The summed E-state index contributed by atoms with van der Waals surface area (Å²) in [4.78, 5) is 26.5. The highest BCUT2D eigenvalue weighted by atomic mass is 16.2. The summed E-state index contributed by atoms with van der Waals surface area (Å²) in [6.45, 7) is 5.35. The van der Waals surface area contributed by atoms with E-state index >= 15 is 0 Å². The molecule has 0 radical (unpaired) electrons. The lowest BCUT2D eigenvalue weighted by Gasteiger charge is -2.39. The molecule has 1 unspecified atom stereocenters. The fourth-order valence-electron chi connectivity index (χ4n) is 4.42. The molecule has 2 fully saturated rings. The number of H-pyrrole nitrogens is 1. The average Bonchev–Trinajstić information content (AvgIpc) is 3.11. The van der Waals surface area contributed by atoms with Crippen LogP contribution in [0.3, 0.4) is 0 Å². The van der Waals surface area contributed by atoms with Gasteiger partial charge in [-0.1, -0.05) is 13.8 Å². The monoisotopic (exact) mass is 346 g/mol. The zero-order chi connectivity index (χ0) is 18.0. The molecule has 1 atom stereocenters.